The summed E-state index contributed by atoms with van der Waals surface area (Å²) in [4.78, 5) is 12.9. The summed E-state index contributed by atoms with van der Waals surface area (Å²) in [6.45, 7) is 2.25. The number of amides is 1. The molecule has 2 aromatic rings. The lowest BCUT2D eigenvalue weighted by Gasteiger charge is -2.21. The second-order valence-electron chi connectivity index (χ2n) is 6.40. The molecule has 4 rings (SSSR count). The third-order valence-corrected chi connectivity index (χ3v) is 5.30. The van der Waals surface area contributed by atoms with Gasteiger partial charge in [-0.05, 0) is 55.2 Å². The highest BCUT2D eigenvalue weighted by Crippen LogP contribution is 2.49. The third kappa shape index (κ3) is 2.67. The lowest BCUT2D eigenvalue weighted by atomic mass is 9.94. The summed E-state index contributed by atoms with van der Waals surface area (Å²) in [6, 6.07) is 13.7. The second-order valence-corrected chi connectivity index (χ2v) is 7.32. The molecule has 2 aliphatic rings. The van der Waals surface area contributed by atoms with Gasteiger partial charge in [0.25, 0.3) is 0 Å². The number of ether oxygens (including phenoxy) is 2. The van der Waals surface area contributed by atoms with Crippen molar-refractivity contribution in [3.8, 4) is 11.5 Å². The smallest absolute Gasteiger partial charge is 0.231 e. The van der Waals surface area contributed by atoms with E-state index in [9.17, 15) is 4.79 Å². The molecule has 1 saturated carbocycles. The highest BCUT2D eigenvalue weighted by molar-refractivity contribution is 9.10. The van der Waals surface area contributed by atoms with Gasteiger partial charge in [0.2, 0.25) is 12.7 Å². The Morgan fingerprint density at radius 1 is 1.17 bits per heavy atom. The molecule has 1 aliphatic heterocycles. The first-order chi connectivity index (χ1) is 11.6. The lowest BCUT2D eigenvalue weighted by Crippen LogP contribution is -2.36. The monoisotopic (exact) mass is 387 g/mol. The zero-order chi connectivity index (χ0) is 16.7. The Morgan fingerprint density at radius 2 is 1.96 bits per heavy atom. The molecule has 124 valence electrons. The van der Waals surface area contributed by atoms with Crippen LogP contribution in [0.4, 0.5) is 0 Å². The third-order valence-electron chi connectivity index (χ3n) is 4.81. The van der Waals surface area contributed by atoms with E-state index in [0.717, 1.165) is 39.9 Å². The first-order valence-corrected chi connectivity index (χ1v) is 8.84. The van der Waals surface area contributed by atoms with Gasteiger partial charge in [-0.15, -0.1) is 0 Å². The molecule has 1 atom stereocenters. The molecule has 24 heavy (non-hydrogen) atoms. The van der Waals surface area contributed by atoms with Crippen LogP contribution in [-0.2, 0) is 10.2 Å². The first kappa shape index (κ1) is 15.5. The molecule has 0 spiro atoms. The highest BCUT2D eigenvalue weighted by Gasteiger charge is 2.51. The van der Waals surface area contributed by atoms with Gasteiger partial charge in [0.05, 0.1) is 11.5 Å². The summed E-state index contributed by atoms with van der Waals surface area (Å²) in [5.74, 6) is 1.58. The fourth-order valence-electron chi connectivity index (χ4n) is 3.16. The van der Waals surface area contributed by atoms with E-state index in [2.05, 4.69) is 21.2 Å². The van der Waals surface area contributed by atoms with Gasteiger partial charge in [-0.25, -0.2) is 0 Å². The molecule has 1 N–H and O–H groups in total. The van der Waals surface area contributed by atoms with Gasteiger partial charge in [-0.2, -0.15) is 0 Å². The standard InChI is InChI=1S/C19H18BrNO3/c1-12(13-5-6-16-17(9-13)24-11-23-16)21-18(22)19(7-8-19)14-3-2-4-15(20)10-14/h2-6,9-10,12H,7-8,11H2,1H3,(H,21,22). The van der Waals surface area contributed by atoms with Gasteiger partial charge in [0.1, 0.15) is 0 Å². The Bertz CT molecular complexity index is 801. The summed E-state index contributed by atoms with van der Waals surface area (Å²) in [5.41, 5.74) is 1.71. The van der Waals surface area contributed by atoms with Gasteiger partial charge in [-0.1, -0.05) is 34.1 Å². The molecule has 0 saturated heterocycles. The molecule has 1 aliphatic carbocycles. The van der Waals surface area contributed by atoms with Crippen LogP contribution in [0.5, 0.6) is 11.5 Å². The molecule has 1 amide bonds. The minimum Gasteiger partial charge on any atom is -0.454 e. The number of nitrogens with one attached hydrogen (secondary N) is 1. The number of carbonyl (C=O) groups excluding carboxylic acids is 1. The van der Waals surface area contributed by atoms with Crippen LogP contribution in [0.2, 0.25) is 0 Å². The number of hydrogen-bond donors (Lipinski definition) is 1. The maximum Gasteiger partial charge on any atom is 0.231 e. The molecular formula is C19H18BrNO3. The Morgan fingerprint density at radius 3 is 2.71 bits per heavy atom. The average Bonchev–Trinajstić information content (AvgIpc) is 3.26. The van der Waals surface area contributed by atoms with Crippen molar-refractivity contribution in [2.45, 2.75) is 31.2 Å². The van der Waals surface area contributed by atoms with Crippen molar-refractivity contribution in [2.24, 2.45) is 0 Å². The van der Waals surface area contributed by atoms with Crippen molar-refractivity contribution in [3.63, 3.8) is 0 Å². The summed E-state index contributed by atoms with van der Waals surface area (Å²) in [7, 11) is 0. The molecule has 2 aromatic carbocycles. The van der Waals surface area contributed by atoms with Crippen molar-refractivity contribution in [1.82, 2.24) is 5.32 Å². The molecular weight excluding hydrogens is 370 g/mol. The summed E-state index contributed by atoms with van der Waals surface area (Å²) in [5, 5.41) is 3.16. The molecule has 1 heterocycles. The van der Waals surface area contributed by atoms with Crippen LogP contribution in [0.15, 0.2) is 46.9 Å². The number of halogens is 1. The normalized spacial score (nSPS) is 18.1. The fraction of sp³-hybridized carbons (Fsp3) is 0.316. The molecule has 0 aromatic heterocycles. The highest BCUT2D eigenvalue weighted by atomic mass is 79.9. The van der Waals surface area contributed by atoms with E-state index in [1.165, 1.54) is 0 Å². The summed E-state index contributed by atoms with van der Waals surface area (Å²) in [6.07, 6.45) is 1.78. The first-order valence-electron chi connectivity index (χ1n) is 8.05. The van der Waals surface area contributed by atoms with E-state index in [4.69, 9.17) is 9.47 Å². The van der Waals surface area contributed by atoms with E-state index in [1.54, 1.807) is 0 Å². The van der Waals surface area contributed by atoms with Gasteiger partial charge in [-0.3, -0.25) is 4.79 Å². The fourth-order valence-corrected chi connectivity index (χ4v) is 3.56. The molecule has 1 unspecified atom stereocenters. The molecule has 5 heteroatoms. The quantitative estimate of drug-likeness (QED) is 0.859. The molecule has 4 nitrogen and oxygen atoms in total. The largest absolute Gasteiger partial charge is 0.454 e. The van der Waals surface area contributed by atoms with Gasteiger partial charge < -0.3 is 14.8 Å². The molecule has 0 bridgehead atoms. The van der Waals surface area contributed by atoms with E-state index in [0.29, 0.717) is 0 Å². The average molecular weight is 388 g/mol. The van der Waals surface area contributed by atoms with Crippen LogP contribution in [0.25, 0.3) is 0 Å². The molecule has 1 fully saturated rings. The Kier molecular flexibility index (Phi) is 3.76. The summed E-state index contributed by atoms with van der Waals surface area (Å²) >= 11 is 3.49. The Hall–Kier alpha value is -2.01. The van der Waals surface area contributed by atoms with Crippen LogP contribution in [0.3, 0.4) is 0 Å². The lowest BCUT2D eigenvalue weighted by molar-refractivity contribution is -0.124. The number of carbonyl (C=O) groups is 1. The van der Waals surface area contributed by atoms with Crippen molar-refractivity contribution >= 4 is 21.8 Å². The Labute approximate surface area is 149 Å². The van der Waals surface area contributed by atoms with Gasteiger partial charge in [0.15, 0.2) is 11.5 Å². The predicted molar refractivity (Wildman–Crippen MR) is 94.2 cm³/mol. The maximum atomic E-state index is 12.9. The number of benzene rings is 2. The zero-order valence-electron chi connectivity index (χ0n) is 13.3. The summed E-state index contributed by atoms with van der Waals surface area (Å²) < 4.78 is 11.8. The van der Waals surface area contributed by atoms with E-state index in [-0.39, 0.29) is 24.2 Å². The van der Waals surface area contributed by atoms with Crippen molar-refractivity contribution < 1.29 is 14.3 Å². The van der Waals surface area contributed by atoms with Gasteiger partial charge in [0, 0.05) is 4.47 Å². The minimum absolute atomic E-state index is 0.0865. The van der Waals surface area contributed by atoms with Crippen molar-refractivity contribution in [2.75, 3.05) is 6.79 Å². The van der Waals surface area contributed by atoms with Crippen LogP contribution in [-0.4, -0.2) is 12.7 Å². The number of rotatable bonds is 4. The van der Waals surface area contributed by atoms with Crippen LogP contribution < -0.4 is 14.8 Å². The van der Waals surface area contributed by atoms with Crippen LogP contribution >= 0.6 is 15.9 Å². The molecule has 0 radical (unpaired) electrons. The number of fused-ring (bicyclic) bond motifs is 1. The Balaban J connectivity index is 1.51. The SMILES string of the molecule is CC(NC(=O)C1(c2cccc(Br)c2)CC1)c1ccc2c(c1)OCO2. The topological polar surface area (TPSA) is 47.6 Å². The van der Waals surface area contributed by atoms with E-state index in [1.807, 2.05) is 49.4 Å². The second kappa shape index (κ2) is 5.81. The maximum absolute atomic E-state index is 12.9. The number of hydrogen-bond acceptors (Lipinski definition) is 3. The van der Waals surface area contributed by atoms with Gasteiger partial charge >= 0.3 is 0 Å². The van der Waals surface area contributed by atoms with Crippen LogP contribution in [0.1, 0.15) is 36.9 Å². The minimum atomic E-state index is -0.381. The van der Waals surface area contributed by atoms with E-state index >= 15 is 0 Å². The predicted octanol–water partition coefficient (Wildman–Crippen LogP) is 4.09. The van der Waals surface area contributed by atoms with Crippen molar-refractivity contribution in [3.05, 3.63) is 58.1 Å². The van der Waals surface area contributed by atoms with E-state index < -0.39 is 0 Å². The zero-order valence-corrected chi connectivity index (χ0v) is 14.9. The van der Waals surface area contributed by atoms with Crippen molar-refractivity contribution in [1.29, 1.82) is 0 Å². The van der Waals surface area contributed by atoms with Crippen LogP contribution in [0, 0.1) is 0 Å².